The maximum absolute atomic E-state index is 12.7. The van der Waals surface area contributed by atoms with Crippen molar-refractivity contribution in [3.8, 4) is 5.88 Å². The molecular formula is C20H23F3N2O. The van der Waals surface area contributed by atoms with Crippen LogP contribution in [0.15, 0.2) is 30.5 Å². The number of aromatic hydroxyl groups is 1. The highest BCUT2D eigenvalue weighted by Gasteiger charge is 2.50. The van der Waals surface area contributed by atoms with E-state index in [9.17, 15) is 18.3 Å². The highest BCUT2D eigenvalue weighted by Crippen LogP contribution is 2.59. The zero-order valence-corrected chi connectivity index (χ0v) is 14.5. The van der Waals surface area contributed by atoms with E-state index in [4.69, 9.17) is 0 Å². The Kier molecular flexibility index (Phi) is 3.50. The summed E-state index contributed by atoms with van der Waals surface area (Å²) in [5.74, 6) is 3.30. The van der Waals surface area contributed by atoms with Gasteiger partial charge in [0.2, 0.25) is 5.88 Å². The van der Waals surface area contributed by atoms with Gasteiger partial charge in [0.05, 0.1) is 24.3 Å². The van der Waals surface area contributed by atoms with Crippen molar-refractivity contribution < 1.29 is 18.3 Å². The van der Waals surface area contributed by atoms with Crippen LogP contribution in [0.4, 0.5) is 13.2 Å². The number of hydrogen-bond donors (Lipinski definition) is 1. The summed E-state index contributed by atoms with van der Waals surface area (Å²) in [6.07, 6.45) is 3.82. The molecule has 4 aliphatic carbocycles. The number of aromatic nitrogens is 2. The summed E-state index contributed by atoms with van der Waals surface area (Å²) >= 11 is 0. The first kappa shape index (κ1) is 16.3. The van der Waals surface area contributed by atoms with Gasteiger partial charge >= 0.3 is 6.18 Å². The predicted molar refractivity (Wildman–Crippen MR) is 90.7 cm³/mol. The Morgan fingerprint density at radius 2 is 1.50 bits per heavy atom. The quantitative estimate of drug-likeness (QED) is 0.811. The Bertz CT molecular complexity index is 774. The fourth-order valence-corrected chi connectivity index (χ4v) is 6.06. The average Bonchev–Trinajstić information content (AvgIpc) is 2.56. The van der Waals surface area contributed by atoms with Crippen molar-refractivity contribution in [1.29, 1.82) is 0 Å². The summed E-state index contributed by atoms with van der Waals surface area (Å²) < 4.78 is 42.2. The predicted octanol–water partition coefficient (Wildman–Crippen LogP) is 5.06. The molecule has 26 heavy (non-hydrogen) atoms. The second kappa shape index (κ2) is 5.57. The van der Waals surface area contributed by atoms with Crippen LogP contribution < -0.4 is 0 Å². The highest BCUT2D eigenvalue weighted by atomic mass is 19.4. The van der Waals surface area contributed by atoms with Crippen molar-refractivity contribution in [3.05, 3.63) is 41.6 Å². The third kappa shape index (κ3) is 2.57. The van der Waals surface area contributed by atoms with Crippen molar-refractivity contribution in [2.45, 2.75) is 50.9 Å². The van der Waals surface area contributed by atoms with Crippen molar-refractivity contribution in [2.75, 3.05) is 0 Å². The molecule has 140 valence electrons. The van der Waals surface area contributed by atoms with E-state index in [0.717, 1.165) is 29.5 Å². The van der Waals surface area contributed by atoms with Crippen molar-refractivity contribution in [3.63, 3.8) is 0 Å². The standard InChI is InChI=1S/C20H23F3N2O/c21-20(22,23)17-3-1-12(2-4-17)10-24-11-18(26)25(24)19-15-6-13-5-14(8-15)9-16(19)7-13/h1-4,11,13-16,19,26H,5-10H2. The van der Waals surface area contributed by atoms with Gasteiger partial charge in [-0.15, -0.1) is 0 Å². The van der Waals surface area contributed by atoms with E-state index in [-0.39, 0.29) is 0 Å². The van der Waals surface area contributed by atoms with Crippen LogP contribution in [0.2, 0.25) is 0 Å². The van der Waals surface area contributed by atoms with E-state index >= 15 is 0 Å². The fourth-order valence-electron chi connectivity index (χ4n) is 6.06. The molecule has 1 aromatic heterocycles. The molecule has 0 amide bonds. The fraction of sp³-hybridized carbons (Fsp3) is 0.600. The van der Waals surface area contributed by atoms with Gasteiger partial charge in [0, 0.05) is 0 Å². The molecule has 6 rings (SSSR count). The first-order valence-corrected chi connectivity index (χ1v) is 9.51. The monoisotopic (exact) mass is 364 g/mol. The third-order valence-electron chi connectivity index (χ3n) is 6.86. The normalized spacial score (nSPS) is 33.1. The Morgan fingerprint density at radius 3 is 2.00 bits per heavy atom. The Labute approximate surface area is 150 Å². The van der Waals surface area contributed by atoms with Gasteiger partial charge in [0.25, 0.3) is 0 Å². The number of halogens is 3. The maximum atomic E-state index is 12.7. The molecule has 0 spiro atoms. The molecule has 0 radical (unpaired) electrons. The lowest BCUT2D eigenvalue weighted by atomic mass is 9.54. The lowest BCUT2D eigenvalue weighted by Gasteiger charge is -2.55. The number of benzene rings is 1. The largest absolute Gasteiger partial charge is 0.492 e. The van der Waals surface area contributed by atoms with Crippen LogP contribution in [0, 0.1) is 23.7 Å². The van der Waals surface area contributed by atoms with Crippen molar-refractivity contribution in [1.82, 2.24) is 9.36 Å². The van der Waals surface area contributed by atoms with Crippen LogP contribution in [0.5, 0.6) is 5.88 Å². The lowest BCUT2D eigenvalue weighted by Crippen LogP contribution is -2.48. The minimum absolute atomic E-state index is 0.300. The van der Waals surface area contributed by atoms with Crippen LogP contribution >= 0.6 is 0 Å². The summed E-state index contributed by atoms with van der Waals surface area (Å²) in [5.41, 5.74) is 0.191. The summed E-state index contributed by atoms with van der Waals surface area (Å²) in [5, 5.41) is 10.3. The molecular weight excluding hydrogens is 341 g/mol. The summed E-state index contributed by atoms with van der Waals surface area (Å²) in [6, 6.07) is 5.67. The van der Waals surface area contributed by atoms with Gasteiger partial charge in [-0.25, -0.2) is 4.68 Å². The molecule has 4 fully saturated rings. The molecule has 0 saturated heterocycles. The van der Waals surface area contributed by atoms with Crippen LogP contribution in [-0.4, -0.2) is 14.5 Å². The van der Waals surface area contributed by atoms with Gasteiger partial charge in [0.15, 0.2) is 0 Å². The second-order valence-electron chi connectivity index (χ2n) is 8.55. The van der Waals surface area contributed by atoms with Gasteiger partial charge in [-0.1, -0.05) is 12.1 Å². The Morgan fingerprint density at radius 1 is 0.923 bits per heavy atom. The molecule has 0 aliphatic heterocycles. The topological polar surface area (TPSA) is 30.1 Å². The molecule has 6 heteroatoms. The molecule has 4 aliphatic rings. The van der Waals surface area contributed by atoms with Gasteiger partial charge in [0.1, 0.15) is 0 Å². The van der Waals surface area contributed by atoms with Crippen molar-refractivity contribution >= 4 is 0 Å². The molecule has 0 unspecified atom stereocenters. The molecule has 4 bridgehead atoms. The van der Waals surface area contributed by atoms with Gasteiger partial charge in [-0.3, -0.25) is 4.68 Å². The summed E-state index contributed by atoms with van der Waals surface area (Å²) in [4.78, 5) is 0. The number of alkyl halides is 3. The summed E-state index contributed by atoms with van der Waals surface area (Å²) in [6.45, 7) is 0.491. The van der Waals surface area contributed by atoms with Crippen LogP contribution in [0.1, 0.15) is 49.3 Å². The lowest BCUT2D eigenvalue weighted by molar-refractivity contribution is -0.137. The zero-order valence-electron chi connectivity index (χ0n) is 14.5. The third-order valence-corrected chi connectivity index (χ3v) is 6.86. The van der Waals surface area contributed by atoms with E-state index in [0.29, 0.717) is 30.3 Å². The Hall–Kier alpha value is -1.85. The van der Waals surface area contributed by atoms with Crippen molar-refractivity contribution in [2.24, 2.45) is 23.7 Å². The van der Waals surface area contributed by atoms with Gasteiger partial charge < -0.3 is 5.11 Å². The molecule has 4 saturated carbocycles. The zero-order chi connectivity index (χ0) is 18.1. The Balaban J connectivity index is 1.37. The van der Waals surface area contributed by atoms with Gasteiger partial charge in [-0.05, 0) is 73.5 Å². The number of nitrogens with zero attached hydrogens (tertiary/aromatic N) is 2. The first-order chi connectivity index (χ1) is 12.4. The summed E-state index contributed by atoms with van der Waals surface area (Å²) in [7, 11) is 0. The van der Waals surface area contributed by atoms with Gasteiger partial charge in [-0.2, -0.15) is 13.2 Å². The second-order valence-corrected chi connectivity index (χ2v) is 8.55. The average molecular weight is 364 g/mol. The first-order valence-electron chi connectivity index (χ1n) is 9.51. The number of hydrogen-bond acceptors (Lipinski definition) is 1. The van der Waals surface area contributed by atoms with E-state index in [1.807, 2.05) is 9.36 Å². The molecule has 0 atom stereocenters. The molecule has 1 heterocycles. The molecule has 2 aromatic rings. The SMILES string of the molecule is Oc1cn(Cc2ccc(C(F)(F)F)cc2)n1C1C2CC3CC(C2)CC1C3. The van der Waals surface area contributed by atoms with Crippen LogP contribution in [0.25, 0.3) is 0 Å². The molecule has 1 aromatic carbocycles. The molecule has 1 N–H and O–H groups in total. The van der Waals surface area contributed by atoms with E-state index in [1.165, 1.54) is 44.2 Å². The number of rotatable bonds is 3. The minimum atomic E-state index is -4.31. The van der Waals surface area contributed by atoms with E-state index < -0.39 is 11.7 Å². The van der Waals surface area contributed by atoms with Crippen LogP contribution in [0.3, 0.4) is 0 Å². The van der Waals surface area contributed by atoms with E-state index in [2.05, 4.69) is 0 Å². The maximum Gasteiger partial charge on any atom is 0.416 e. The highest BCUT2D eigenvalue weighted by molar-refractivity contribution is 5.25. The van der Waals surface area contributed by atoms with E-state index in [1.54, 1.807) is 6.20 Å². The molecule has 3 nitrogen and oxygen atoms in total. The smallest absolute Gasteiger partial charge is 0.416 e. The van der Waals surface area contributed by atoms with Crippen LogP contribution in [-0.2, 0) is 12.7 Å². The minimum Gasteiger partial charge on any atom is -0.492 e.